The van der Waals surface area contributed by atoms with Crippen molar-refractivity contribution in [1.82, 2.24) is 14.8 Å². The van der Waals surface area contributed by atoms with Crippen LogP contribution in [0.5, 0.6) is 0 Å². The molecule has 1 aliphatic carbocycles. The molecule has 12 heteroatoms. The van der Waals surface area contributed by atoms with Gasteiger partial charge in [0, 0.05) is 17.3 Å². The van der Waals surface area contributed by atoms with Crippen molar-refractivity contribution in [3.8, 4) is 0 Å². The largest absolute Gasteiger partial charge is 0.433 e. The molecule has 0 atom stereocenters. The number of alkyl halides is 3. The Morgan fingerprint density at radius 3 is 2.57 bits per heavy atom. The number of carbonyl (C=O) groups is 1. The molecule has 1 fully saturated rings. The van der Waals surface area contributed by atoms with E-state index in [4.69, 9.17) is 4.18 Å². The standard InChI is InChI=1S/C23H25F3N4O4S/c1-14-10-20-16(11-19(14)28-22(31)18-4-3-5-21(27-18)23(24,25)26)12-30(29-20)17-8-6-15(7-9-17)13-34-35(2,32)33/h3-5,10-12,15,17H,6-9,13H2,1-2H3,(H,28,31). The fraction of sp³-hybridized carbons (Fsp3) is 0.435. The minimum Gasteiger partial charge on any atom is -0.320 e. The zero-order valence-corrected chi connectivity index (χ0v) is 20.0. The molecular weight excluding hydrogens is 485 g/mol. The Morgan fingerprint density at radius 2 is 1.91 bits per heavy atom. The van der Waals surface area contributed by atoms with E-state index in [1.165, 1.54) is 6.07 Å². The van der Waals surface area contributed by atoms with Gasteiger partial charge in [0.05, 0.1) is 24.4 Å². The molecule has 1 saturated carbocycles. The Hall–Kier alpha value is -2.99. The third-order valence-corrected chi connectivity index (χ3v) is 6.66. The van der Waals surface area contributed by atoms with E-state index in [2.05, 4.69) is 15.4 Å². The first-order valence-electron chi connectivity index (χ1n) is 11.1. The fourth-order valence-electron chi connectivity index (χ4n) is 4.22. The van der Waals surface area contributed by atoms with E-state index in [-0.39, 0.29) is 24.3 Å². The molecule has 0 unspecified atom stereocenters. The van der Waals surface area contributed by atoms with Crippen molar-refractivity contribution < 1.29 is 30.6 Å². The molecule has 1 aliphatic rings. The van der Waals surface area contributed by atoms with E-state index in [0.29, 0.717) is 11.3 Å². The summed E-state index contributed by atoms with van der Waals surface area (Å²) >= 11 is 0. The van der Waals surface area contributed by atoms with E-state index in [9.17, 15) is 26.4 Å². The van der Waals surface area contributed by atoms with Crippen LogP contribution < -0.4 is 5.32 Å². The van der Waals surface area contributed by atoms with Gasteiger partial charge in [-0.1, -0.05) is 6.07 Å². The number of benzene rings is 1. The number of nitrogens with zero attached hydrogens (tertiary/aromatic N) is 3. The van der Waals surface area contributed by atoms with Gasteiger partial charge in [-0.3, -0.25) is 13.7 Å². The Balaban J connectivity index is 1.46. The summed E-state index contributed by atoms with van der Waals surface area (Å²) in [5, 5.41) is 8.10. The average molecular weight is 511 g/mol. The minimum atomic E-state index is -4.64. The highest BCUT2D eigenvalue weighted by Crippen LogP contribution is 2.34. The maximum absolute atomic E-state index is 12.9. The molecule has 0 aliphatic heterocycles. The van der Waals surface area contributed by atoms with Gasteiger partial charge in [0.2, 0.25) is 0 Å². The Bertz CT molecular complexity index is 1350. The molecule has 1 amide bonds. The number of halogens is 3. The van der Waals surface area contributed by atoms with Gasteiger partial charge >= 0.3 is 6.18 Å². The smallest absolute Gasteiger partial charge is 0.320 e. The van der Waals surface area contributed by atoms with Gasteiger partial charge in [0.25, 0.3) is 16.0 Å². The molecule has 2 aromatic heterocycles. The van der Waals surface area contributed by atoms with E-state index in [0.717, 1.165) is 55.0 Å². The second-order valence-electron chi connectivity index (χ2n) is 8.86. The first-order valence-corrected chi connectivity index (χ1v) is 12.9. The summed E-state index contributed by atoms with van der Waals surface area (Å²) in [5.74, 6) is -0.556. The normalized spacial score (nSPS) is 19.1. The monoisotopic (exact) mass is 510 g/mol. The number of hydrogen-bond donors (Lipinski definition) is 1. The van der Waals surface area contributed by atoms with Crippen LogP contribution in [0.25, 0.3) is 10.9 Å². The minimum absolute atomic E-state index is 0.157. The zero-order chi connectivity index (χ0) is 25.4. The second kappa shape index (κ2) is 9.57. The summed E-state index contributed by atoms with van der Waals surface area (Å²) in [6, 6.07) is 6.90. The average Bonchev–Trinajstić information content (AvgIpc) is 3.20. The molecular formula is C23H25F3N4O4S. The van der Waals surface area contributed by atoms with Gasteiger partial charge in [-0.25, -0.2) is 4.98 Å². The Kier molecular flexibility index (Phi) is 6.87. The highest BCUT2D eigenvalue weighted by atomic mass is 32.2. The van der Waals surface area contributed by atoms with E-state index >= 15 is 0 Å². The topological polar surface area (TPSA) is 103 Å². The molecule has 3 aromatic rings. The quantitative estimate of drug-likeness (QED) is 0.482. The van der Waals surface area contributed by atoms with Crippen molar-refractivity contribution in [2.75, 3.05) is 18.2 Å². The molecule has 188 valence electrons. The van der Waals surface area contributed by atoms with E-state index < -0.39 is 27.9 Å². The van der Waals surface area contributed by atoms with Crippen LogP contribution in [0, 0.1) is 12.8 Å². The molecule has 0 saturated heterocycles. The summed E-state index contributed by atoms with van der Waals surface area (Å²) in [6.07, 6.45) is 1.58. The lowest BCUT2D eigenvalue weighted by atomic mass is 9.87. The van der Waals surface area contributed by atoms with E-state index in [1.807, 2.05) is 16.9 Å². The molecule has 0 bridgehead atoms. The van der Waals surface area contributed by atoms with E-state index in [1.54, 1.807) is 13.0 Å². The van der Waals surface area contributed by atoms with Crippen molar-refractivity contribution >= 4 is 32.6 Å². The van der Waals surface area contributed by atoms with Gasteiger partial charge in [-0.15, -0.1) is 0 Å². The lowest BCUT2D eigenvalue weighted by molar-refractivity contribution is -0.141. The number of hydrogen-bond acceptors (Lipinski definition) is 6. The molecule has 4 rings (SSSR count). The highest BCUT2D eigenvalue weighted by Gasteiger charge is 2.33. The number of carbonyl (C=O) groups excluding carboxylic acids is 1. The lowest BCUT2D eigenvalue weighted by Gasteiger charge is -2.28. The first kappa shape index (κ1) is 25.1. The van der Waals surface area contributed by atoms with Crippen molar-refractivity contribution in [3.05, 3.63) is 53.5 Å². The SMILES string of the molecule is Cc1cc2nn(C3CCC(COS(C)(=O)=O)CC3)cc2cc1NC(=O)c1cccc(C(F)(F)F)n1. The highest BCUT2D eigenvalue weighted by molar-refractivity contribution is 7.85. The summed E-state index contributed by atoms with van der Waals surface area (Å²) in [6.45, 7) is 1.97. The van der Waals surface area contributed by atoms with Crippen LogP contribution in [0.3, 0.4) is 0 Å². The first-order chi connectivity index (χ1) is 16.4. The van der Waals surface area contributed by atoms with Gasteiger partial charge in [-0.2, -0.15) is 26.7 Å². The maximum Gasteiger partial charge on any atom is 0.433 e. The van der Waals surface area contributed by atoms with Crippen LogP contribution in [0.4, 0.5) is 18.9 Å². The van der Waals surface area contributed by atoms with Crippen LogP contribution >= 0.6 is 0 Å². The number of pyridine rings is 1. The number of nitrogens with one attached hydrogen (secondary N) is 1. The predicted octanol–water partition coefficient (Wildman–Crippen LogP) is 4.72. The second-order valence-corrected chi connectivity index (χ2v) is 10.5. The number of rotatable bonds is 6. The fourth-order valence-corrected chi connectivity index (χ4v) is 4.66. The van der Waals surface area contributed by atoms with Gasteiger partial charge in [0.1, 0.15) is 11.4 Å². The molecule has 35 heavy (non-hydrogen) atoms. The van der Waals surface area contributed by atoms with Crippen LogP contribution in [-0.4, -0.2) is 42.0 Å². The van der Waals surface area contributed by atoms with Crippen molar-refractivity contribution in [1.29, 1.82) is 0 Å². The summed E-state index contributed by atoms with van der Waals surface area (Å²) in [4.78, 5) is 16.0. The number of aromatic nitrogens is 3. The maximum atomic E-state index is 12.9. The van der Waals surface area contributed by atoms with Crippen LogP contribution in [0.15, 0.2) is 36.5 Å². The number of anilines is 1. The molecule has 1 N–H and O–H groups in total. The van der Waals surface area contributed by atoms with Crippen molar-refractivity contribution in [2.24, 2.45) is 5.92 Å². The lowest BCUT2D eigenvalue weighted by Crippen LogP contribution is -2.22. The van der Waals surface area contributed by atoms with Gasteiger partial charge < -0.3 is 5.32 Å². The number of aryl methyl sites for hydroxylation is 1. The number of fused-ring (bicyclic) bond motifs is 1. The van der Waals surface area contributed by atoms with Crippen LogP contribution in [0.2, 0.25) is 0 Å². The van der Waals surface area contributed by atoms with Crippen LogP contribution in [-0.2, 0) is 20.5 Å². The summed E-state index contributed by atoms with van der Waals surface area (Å²) in [5.41, 5.74) is 0.454. The van der Waals surface area contributed by atoms with Crippen LogP contribution in [0.1, 0.15) is 53.5 Å². The van der Waals surface area contributed by atoms with Crippen molar-refractivity contribution in [2.45, 2.75) is 44.8 Å². The molecule has 8 nitrogen and oxygen atoms in total. The van der Waals surface area contributed by atoms with Gasteiger partial charge in [0.15, 0.2) is 0 Å². The van der Waals surface area contributed by atoms with Gasteiger partial charge in [-0.05, 0) is 68.4 Å². The third-order valence-electron chi connectivity index (χ3n) is 6.10. The Morgan fingerprint density at radius 1 is 1.20 bits per heavy atom. The Labute approximate surface area is 200 Å². The molecule has 0 spiro atoms. The third kappa shape index (κ3) is 6.17. The van der Waals surface area contributed by atoms with Crippen molar-refractivity contribution in [3.63, 3.8) is 0 Å². The molecule has 2 heterocycles. The summed E-state index contributed by atoms with van der Waals surface area (Å²) in [7, 11) is -3.45. The zero-order valence-electron chi connectivity index (χ0n) is 19.2. The predicted molar refractivity (Wildman–Crippen MR) is 123 cm³/mol. The molecule has 0 radical (unpaired) electrons. The number of amides is 1. The summed E-state index contributed by atoms with van der Waals surface area (Å²) < 4.78 is 68.0. The molecule has 1 aromatic carbocycles.